The average Bonchev–Trinajstić information content (AvgIpc) is 2.31. The van der Waals surface area contributed by atoms with E-state index in [2.05, 4.69) is 0 Å². The van der Waals surface area contributed by atoms with Crippen LogP contribution in [0.2, 0.25) is 0 Å². The van der Waals surface area contributed by atoms with Crippen LogP contribution < -0.4 is 0 Å². The third-order valence-electron chi connectivity index (χ3n) is 1.72. The van der Waals surface area contributed by atoms with Crippen LogP contribution >= 0.6 is 0 Å². The van der Waals surface area contributed by atoms with Gasteiger partial charge in [0.05, 0.1) is 6.54 Å². The van der Waals surface area contributed by atoms with Crippen molar-refractivity contribution in [1.29, 1.82) is 0 Å². The quantitative estimate of drug-likeness (QED) is 0.660. The minimum absolute atomic E-state index is 0.00964. The lowest BCUT2D eigenvalue weighted by atomic mass is 10.2. The number of halogens is 1. The van der Waals surface area contributed by atoms with Crippen LogP contribution in [0.4, 0.5) is 4.39 Å². The molecule has 0 atom stereocenters. The van der Waals surface area contributed by atoms with Gasteiger partial charge in [0.2, 0.25) is 0 Å². The van der Waals surface area contributed by atoms with Crippen molar-refractivity contribution in [1.82, 2.24) is 4.57 Å². The second kappa shape index (κ2) is 3.32. The van der Waals surface area contributed by atoms with Crippen LogP contribution in [0.1, 0.15) is 31.1 Å². The van der Waals surface area contributed by atoms with Crippen LogP contribution in [-0.4, -0.2) is 16.0 Å². The van der Waals surface area contributed by atoms with Gasteiger partial charge >= 0.3 is 0 Å². The summed E-state index contributed by atoms with van der Waals surface area (Å²) in [6.07, 6.45) is 3.39. The molecule has 0 saturated heterocycles. The van der Waals surface area contributed by atoms with Crippen molar-refractivity contribution in [2.24, 2.45) is 0 Å². The van der Waals surface area contributed by atoms with Gasteiger partial charge in [0.1, 0.15) is 5.67 Å². The first kappa shape index (κ1) is 9.96. The molecule has 72 valence electrons. The maximum absolute atomic E-state index is 13.2. The number of carbonyl (C=O) groups excluding carboxylic acids is 1. The molecule has 0 saturated carbocycles. The van der Waals surface area contributed by atoms with Crippen LogP contribution in [0.15, 0.2) is 18.5 Å². The highest BCUT2D eigenvalue weighted by atomic mass is 19.1. The Balaban J connectivity index is 2.75. The molecule has 2 nitrogen and oxygen atoms in total. The smallest absolute Gasteiger partial charge is 0.161 e. The first-order valence-electron chi connectivity index (χ1n) is 4.24. The number of rotatable bonds is 3. The molecule has 1 rings (SSSR count). The highest BCUT2D eigenvalue weighted by Gasteiger charge is 2.16. The van der Waals surface area contributed by atoms with Crippen molar-refractivity contribution < 1.29 is 9.18 Å². The van der Waals surface area contributed by atoms with Crippen molar-refractivity contribution in [2.45, 2.75) is 33.0 Å². The summed E-state index contributed by atoms with van der Waals surface area (Å²) in [5.41, 5.74) is -0.614. The second-order valence-corrected chi connectivity index (χ2v) is 3.85. The van der Waals surface area contributed by atoms with Crippen LogP contribution in [0, 0.1) is 0 Å². The molecule has 0 aliphatic carbocycles. The Bertz CT molecular complexity index is 309. The van der Waals surface area contributed by atoms with Crippen molar-refractivity contribution in [3.05, 3.63) is 24.0 Å². The number of hydrogen-bond donors (Lipinski definition) is 0. The van der Waals surface area contributed by atoms with E-state index in [0.717, 1.165) is 0 Å². The number of nitrogens with zero attached hydrogens (tertiary/aromatic N) is 1. The summed E-state index contributed by atoms with van der Waals surface area (Å²) >= 11 is 0. The van der Waals surface area contributed by atoms with Gasteiger partial charge in [-0.25, -0.2) is 4.39 Å². The molecule has 3 heteroatoms. The Hall–Kier alpha value is -1.12. The zero-order chi connectivity index (χ0) is 10.1. The molecule has 0 amide bonds. The highest BCUT2D eigenvalue weighted by molar-refractivity contribution is 5.93. The Labute approximate surface area is 77.4 Å². The Morgan fingerprint density at radius 3 is 2.62 bits per heavy atom. The number of Topliss-reactive ketones (excluding diaryl/α,β-unsaturated/α-hetero) is 1. The Morgan fingerprint density at radius 1 is 1.62 bits per heavy atom. The summed E-state index contributed by atoms with van der Waals surface area (Å²) in [7, 11) is 0. The van der Waals surface area contributed by atoms with Crippen LogP contribution in [0.3, 0.4) is 0 Å². The molecule has 13 heavy (non-hydrogen) atoms. The van der Waals surface area contributed by atoms with E-state index in [-0.39, 0.29) is 12.3 Å². The van der Waals surface area contributed by atoms with Crippen LogP contribution in [0.25, 0.3) is 0 Å². The number of hydrogen-bond acceptors (Lipinski definition) is 1. The van der Waals surface area contributed by atoms with E-state index >= 15 is 0 Å². The van der Waals surface area contributed by atoms with E-state index in [1.807, 2.05) is 0 Å². The van der Waals surface area contributed by atoms with Gasteiger partial charge in [0.15, 0.2) is 5.78 Å². The molecule has 0 aliphatic heterocycles. The molecule has 0 radical (unpaired) electrons. The lowest BCUT2D eigenvalue weighted by Gasteiger charge is -2.14. The molecular formula is C10H14FNO. The zero-order valence-corrected chi connectivity index (χ0v) is 8.17. The number of aromatic nitrogens is 1. The Kier molecular flexibility index (Phi) is 2.55. The van der Waals surface area contributed by atoms with Crippen molar-refractivity contribution in [3.63, 3.8) is 0 Å². The van der Waals surface area contributed by atoms with Crippen molar-refractivity contribution >= 4 is 5.78 Å². The molecule has 1 aromatic rings. The van der Waals surface area contributed by atoms with Gasteiger partial charge in [-0.2, -0.15) is 0 Å². The summed E-state index contributed by atoms with van der Waals surface area (Å²) in [4.78, 5) is 10.9. The molecule has 0 fully saturated rings. The SMILES string of the molecule is CC(=O)c1ccn(CC(C)(C)F)c1. The van der Waals surface area contributed by atoms with Gasteiger partial charge < -0.3 is 4.57 Å². The van der Waals surface area contributed by atoms with Gasteiger partial charge in [-0.15, -0.1) is 0 Å². The molecule has 1 heterocycles. The summed E-state index contributed by atoms with van der Waals surface area (Å²) in [5.74, 6) is 0.00964. The minimum Gasteiger partial charge on any atom is -0.350 e. The molecule has 1 aromatic heterocycles. The second-order valence-electron chi connectivity index (χ2n) is 3.85. The van der Waals surface area contributed by atoms with Gasteiger partial charge in [0.25, 0.3) is 0 Å². The summed E-state index contributed by atoms with van der Waals surface area (Å²) in [6, 6.07) is 1.70. The molecule has 0 unspecified atom stereocenters. The normalized spacial score (nSPS) is 11.7. The van der Waals surface area contributed by atoms with Crippen molar-refractivity contribution in [3.8, 4) is 0 Å². The maximum Gasteiger partial charge on any atom is 0.161 e. The van der Waals surface area contributed by atoms with Gasteiger partial charge in [0, 0.05) is 18.0 Å². The fraction of sp³-hybridized carbons (Fsp3) is 0.500. The fourth-order valence-electron chi connectivity index (χ4n) is 1.18. The first-order chi connectivity index (χ1) is 5.88. The minimum atomic E-state index is -1.24. The van der Waals surface area contributed by atoms with E-state index < -0.39 is 5.67 Å². The average molecular weight is 183 g/mol. The third kappa shape index (κ3) is 3.01. The summed E-state index contributed by atoms with van der Waals surface area (Å²) < 4.78 is 14.9. The zero-order valence-electron chi connectivity index (χ0n) is 8.17. The first-order valence-corrected chi connectivity index (χ1v) is 4.24. The molecular weight excluding hydrogens is 169 g/mol. The third-order valence-corrected chi connectivity index (χ3v) is 1.72. The largest absolute Gasteiger partial charge is 0.350 e. The molecule has 0 aliphatic rings. The van der Waals surface area contributed by atoms with Crippen LogP contribution in [0.5, 0.6) is 0 Å². The highest BCUT2D eigenvalue weighted by Crippen LogP contribution is 2.13. The lowest BCUT2D eigenvalue weighted by Crippen LogP contribution is -2.19. The summed E-state index contributed by atoms with van der Waals surface area (Å²) in [5, 5.41) is 0. The van der Waals surface area contributed by atoms with E-state index in [0.29, 0.717) is 5.56 Å². The molecule has 0 bridgehead atoms. The predicted octanol–water partition coefficient (Wildman–Crippen LogP) is 2.44. The molecule has 0 N–H and O–H groups in total. The van der Waals surface area contributed by atoms with E-state index in [4.69, 9.17) is 0 Å². The number of alkyl halides is 1. The lowest BCUT2D eigenvalue weighted by molar-refractivity contribution is 0.101. The van der Waals surface area contributed by atoms with Crippen molar-refractivity contribution in [2.75, 3.05) is 0 Å². The van der Waals surface area contributed by atoms with E-state index in [1.165, 1.54) is 20.8 Å². The molecule has 0 spiro atoms. The molecule has 0 aromatic carbocycles. The standard InChI is InChI=1S/C10H14FNO/c1-8(13)9-4-5-12(6-9)7-10(2,3)11/h4-6H,7H2,1-3H3. The number of carbonyl (C=O) groups is 1. The van der Waals surface area contributed by atoms with Gasteiger partial charge in [-0.05, 0) is 26.8 Å². The summed E-state index contributed by atoms with van der Waals surface area (Å²) in [6.45, 7) is 4.81. The van der Waals surface area contributed by atoms with Gasteiger partial charge in [-0.1, -0.05) is 0 Å². The van der Waals surface area contributed by atoms with E-state index in [1.54, 1.807) is 23.0 Å². The van der Waals surface area contributed by atoms with Gasteiger partial charge in [-0.3, -0.25) is 4.79 Å². The topological polar surface area (TPSA) is 22.0 Å². The van der Waals surface area contributed by atoms with Crippen LogP contribution in [-0.2, 0) is 6.54 Å². The maximum atomic E-state index is 13.2. The predicted molar refractivity (Wildman–Crippen MR) is 49.6 cm³/mol. The number of ketones is 1. The Morgan fingerprint density at radius 2 is 2.23 bits per heavy atom. The van der Waals surface area contributed by atoms with E-state index in [9.17, 15) is 9.18 Å². The monoisotopic (exact) mass is 183 g/mol. The fourth-order valence-corrected chi connectivity index (χ4v) is 1.18.